The van der Waals surface area contributed by atoms with Gasteiger partial charge in [0.1, 0.15) is 6.42 Å². The zero-order chi connectivity index (χ0) is 18.9. The maximum absolute atomic E-state index is 13.9. The molecular formula is C18H21F5N2O. The zero-order valence-electron chi connectivity index (χ0n) is 14.3. The molecule has 8 heteroatoms. The maximum Gasteiger partial charge on any atom is 0.397 e. The van der Waals surface area contributed by atoms with Gasteiger partial charge in [0.15, 0.2) is 11.6 Å². The molecule has 0 bridgehead atoms. The molecule has 2 heterocycles. The predicted molar refractivity (Wildman–Crippen MR) is 85.2 cm³/mol. The largest absolute Gasteiger partial charge is 0.397 e. The number of benzene rings is 1. The van der Waals surface area contributed by atoms with Crippen LogP contribution in [0.3, 0.4) is 0 Å². The van der Waals surface area contributed by atoms with Crippen molar-refractivity contribution in [2.45, 2.75) is 38.4 Å². The second-order valence-electron chi connectivity index (χ2n) is 7.38. The summed E-state index contributed by atoms with van der Waals surface area (Å²) in [5.41, 5.74) is 0.00796. The summed E-state index contributed by atoms with van der Waals surface area (Å²) in [5, 5.41) is 0. The Kier molecular flexibility index (Phi) is 5.23. The first-order chi connectivity index (χ1) is 12.2. The van der Waals surface area contributed by atoms with E-state index in [1.54, 1.807) is 0 Å². The number of hydrogen-bond donors (Lipinski definition) is 0. The lowest BCUT2D eigenvalue weighted by molar-refractivity contribution is -0.161. The van der Waals surface area contributed by atoms with Gasteiger partial charge in [-0.05, 0) is 31.9 Å². The molecule has 2 aliphatic heterocycles. The van der Waals surface area contributed by atoms with Crippen molar-refractivity contribution in [1.29, 1.82) is 0 Å². The summed E-state index contributed by atoms with van der Waals surface area (Å²) in [6.07, 6.45) is -3.65. The first-order valence-corrected chi connectivity index (χ1v) is 8.67. The number of halogens is 5. The molecule has 144 valence electrons. The van der Waals surface area contributed by atoms with Gasteiger partial charge in [-0.2, -0.15) is 13.2 Å². The number of alkyl halides is 3. The van der Waals surface area contributed by atoms with Crippen molar-refractivity contribution in [2.24, 2.45) is 5.41 Å². The second-order valence-corrected chi connectivity index (χ2v) is 7.38. The monoisotopic (exact) mass is 376 g/mol. The summed E-state index contributed by atoms with van der Waals surface area (Å²) in [4.78, 5) is 15.1. The first kappa shape index (κ1) is 19.1. The van der Waals surface area contributed by atoms with Gasteiger partial charge in [-0.3, -0.25) is 9.69 Å². The van der Waals surface area contributed by atoms with E-state index >= 15 is 0 Å². The average molecular weight is 376 g/mol. The third kappa shape index (κ3) is 4.34. The van der Waals surface area contributed by atoms with Crippen molar-refractivity contribution in [3.05, 3.63) is 35.4 Å². The second kappa shape index (κ2) is 7.13. The van der Waals surface area contributed by atoms with Crippen molar-refractivity contribution in [3.63, 3.8) is 0 Å². The Morgan fingerprint density at radius 2 is 1.88 bits per heavy atom. The Hall–Kier alpha value is -1.70. The summed E-state index contributed by atoms with van der Waals surface area (Å²) < 4.78 is 64.6. The van der Waals surface area contributed by atoms with Crippen LogP contribution in [-0.2, 0) is 11.3 Å². The average Bonchev–Trinajstić information content (AvgIpc) is 2.94. The van der Waals surface area contributed by atoms with Crippen LogP contribution < -0.4 is 0 Å². The predicted octanol–water partition coefficient (Wildman–Crippen LogP) is 3.73. The van der Waals surface area contributed by atoms with E-state index in [4.69, 9.17) is 0 Å². The molecule has 2 saturated heterocycles. The molecular weight excluding hydrogens is 355 g/mol. The topological polar surface area (TPSA) is 23.6 Å². The number of likely N-dealkylation sites (tertiary alicyclic amines) is 2. The standard InChI is InChI=1S/C18H21F5N2O/c19-14-4-1-3-13(16(14)20)10-24-7-2-5-17(11-24)6-8-25(12-17)15(26)9-18(21,22)23/h1,3-4H,2,5-12H2/t17-/m0/s1. The highest BCUT2D eigenvalue weighted by atomic mass is 19.4. The van der Waals surface area contributed by atoms with Gasteiger partial charge in [0.25, 0.3) is 0 Å². The van der Waals surface area contributed by atoms with E-state index in [0.29, 0.717) is 32.6 Å². The van der Waals surface area contributed by atoms with E-state index in [9.17, 15) is 26.7 Å². The molecule has 0 N–H and O–H groups in total. The first-order valence-electron chi connectivity index (χ1n) is 8.67. The number of rotatable bonds is 3. The Balaban J connectivity index is 1.63. The smallest absolute Gasteiger partial charge is 0.342 e. The van der Waals surface area contributed by atoms with Gasteiger partial charge in [-0.25, -0.2) is 8.78 Å². The van der Waals surface area contributed by atoms with Crippen LogP contribution in [0.4, 0.5) is 22.0 Å². The van der Waals surface area contributed by atoms with Crippen LogP contribution in [0.1, 0.15) is 31.2 Å². The van der Waals surface area contributed by atoms with E-state index in [1.807, 2.05) is 4.90 Å². The van der Waals surface area contributed by atoms with Crippen LogP contribution in [0.25, 0.3) is 0 Å². The molecule has 0 saturated carbocycles. The van der Waals surface area contributed by atoms with Gasteiger partial charge in [0, 0.05) is 37.2 Å². The van der Waals surface area contributed by atoms with Gasteiger partial charge >= 0.3 is 6.18 Å². The quantitative estimate of drug-likeness (QED) is 0.751. The van der Waals surface area contributed by atoms with Crippen molar-refractivity contribution in [3.8, 4) is 0 Å². The van der Waals surface area contributed by atoms with Crippen LogP contribution in [-0.4, -0.2) is 48.1 Å². The van der Waals surface area contributed by atoms with E-state index in [2.05, 4.69) is 0 Å². The molecule has 1 aromatic rings. The fourth-order valence-electron chi connectivity index (χ4n) is 4.12. The lowest BCUT2D eigenvalue weighted by Gasteiger charge is -2.40. The number of amides is 1. The molecule has 26 heavy (non-hydrogen) atoms. The molecule has 1 spiro atoms. The number of carbonyl (C=O) groups is 1. The van der Waals surface area contributed by atoms with Crippen LogP contribution in [0, 0.1) is 17.0 Å². The minimum Gasteiger partial charge on any atom is -0.342 e. The van der Waals surface area contributed by atoms with E-state index < -0.39 is 30.1 Å². The Morgan fingerprint density at radius 3 is 2.62 bits per heavy atom. The highest BCUT2D eigenvalue weighted by Crippen LogP contribution is 2.40. The fourth-order valence-corrected chi connectivity index (χ4v) is 4.12. The van der Waals surface area contributed by atoms with Gasteiger partial charge in [0.05, 0.1) is 0 Å². The van der Waals surface area contributed by atoms with E-state index in [0.717, 1.165) is 18.9 Å². The lowest BCUT2D eigenvalue weighted by Crippen LogP contribution is -2.45. The molecule has 3 rings (SSSR count). The van der Waals surface area contributed by atoms with Crippen LogP contribution in [0.2, 0.25) is 0 Å². The van der Waals surface area contributed by atoms with Crippen LogP contribution in [0.15, 0.2) is 18.2 Å². The maximum atomic E-state index is 13.9. The van der Waals surface area contributed by atoms with Gasteiger partial charge in [-0.1, -0.05) is 12.1 Å². The number of piperidine rings is 1. The van der Waals surface area contributed by atoms with E-state index in [1.165, 1.54) is 17.0 Å². The normalized spacial score (nSPS) is 24.4. The summed E-state index contributed by atoms with van der Waals surface area (Å²) in [7, 11) is 0. The highest BCUT2D eigenvalue weighted by molar-refractivity contribution is 5.77. The molecule has 2 aliphatic rings. The zero-order valence-corrected chi connectivity index (χ0v) is 14.3. The minimum atomic E-state index is -4.50. The molecule has 0 aromatic heterocycles. The van der Waals surface area contributed by atoms with Crippen molar-refractivity contribution in [2.75, 3.05) is 26.2 Å². The number of hydrogen-bond acceptors (Lipinski definition) is 2. The number of nitrogens with zero attached hydrogens (tertiary/aromatic N) is 2. The molecule has 2 fully saturated rings. The Labute approximate surface area is 148 Å². The van der Waals surface area contributed by atoms with Gasteiger partial charge in [-0.15, -0.1) is 0 Å². The van der Waals surface area contributed by atoms with Crippen molar-refractivity contribution in [1.82, 2.24) is 9.80 Å². The highest BCUT2D eigenvalue weighted by Gasteiger charge is 2.44. The van der Waals surface area contributed by atoms with Gasteiger partial charge < -0.3 is 4.90 Å². The Bertz CT molecular complexity index is 678. The molecule has 1 amide bonds. The third-order valence-electron chi connectivity index (χ3n) is 5.31. The summed E-state index contributed by atoms with van der Waals surface area (Å²) in [6.45, 7) is 2.15. The van der Waals surface area contributed by atoms with E-state index in [-0.39, 0.29) is 17.5 Å². The van der Waals surface area contributed by atoms with Gasteiger partial charge in [0.2, 0.25) is 5.91 Å². The number of carbonyl (C=O) groups excluding carboxylic acids is 1. The molecule has 3 nitrogen and oxygen atoms in total. The SMILES string of the molecule is O=C(CC(F)(F)F)N1CC[C@]2(CCCN(Cc3cccc(F)c3F)C2)C1. The minimum absolute atomic E-state index is 0.252. The van der Waals surface area contributed by atoms with Crippen LogP contribution >= 0.6 is 0 Å². The van der Waals surface area contributed by atoms with Crippen molar-refractivity contribution < 1.29 is 26.7 Å². The third-order valence-corrected chi connectivity index (χ3v) is 5.31. The lowest BCUT2D eigenvalue weighted by atomic mass is 9.79. The molecule has 1 aromatic carbocycles. The Morgan fingerprint density at radius 1 is 1.12 bits per heavy atom. The molecule has 0 unspecified atom stereocenters. The summed E-state index contributed by atoms with van der Waals surface area (Å²) in [5.74, 6) is -2.64. The summed E-state index contributed by atoms with van der Waals surface area (Å²) in [6, 6.07) is 4.06. The summed E-state index contributed by atoms with van der Waals surface area (Å²) >= 11 is 0. The fraction of sp³-hybridized carbons (Fsp3) is 0.611. The van der Waals surface area contributed by atoms with Crippen LogP contribution in [0.5, 0.6) is 0 Å². The van der Waals surface area contributed by atoms with Crippen molar-refractivity contribution >= 4 is 5.91 Å². The molecule has 0 aliphatic carbocycles. The molecule has 0 radical (unpaired) electrons. The molecule has 1 atom stereocenters.